The number of hydrogen-bond acceptors (Lipinski definition) is 5. The van der Waals surface area contributed by atoms with Gasteiger partial charge in [-0.2, -0.15) is 0 Å². The summed E-state index contributed by atoms with van der Waals surface area (Å²) in [6.07, 6.45) is 2.93. The lowest BCUT2D eigenvalue weighted by molar-refractivity contribution is -0.117. The van der Waals surface area contributed by atoms with E-state index in [1.165, 1.54) is 34.1 Å². The molecule has 2 aromatic rings. The fourth-order valence-corrected chi connectivity index (χ4v) is 3.47. The molecule has 0 saturated carbocycles. The zero-order valence-electron chi connectivity index (χ0n) is 9.60. The average Bonchev–Trinajstić information content (AvgIpc) is 3.01. The molecule has 19 heavy (non-hydrogen) atoms. The Hall–Kier alpha value is -1.54. The van der Waals surface area contributed by atoms with Crippen molar-refractivity contribution >= 4 is 33.6 Å². The summed E-state index contributed by atoms with van der Waals surface area (Å²) >= 11 is 4.82. The van der Waals surface area contributed by atoms with E-state index >= 15 is 0 Å². The van der Waals surface area contributed by atoms with Gasteiger partial charge in [-0.3, -0.25) is 4.79 Å². The van der Waals surface area contributed by atoms with Gasteiger partial charge < -0.3 is 5.11 Å². The van der Waals surface area contributed by atoms with Crippen LogP contribution in [-0.4, -0.2) is 31.6 Å². The first-order chi connectivity index (χ1) is 9.16. The second-order valence-electron chi connectivity index (χ2n) is 3.95. The van der Waals surface area contributed by atoms with Crippen LogP contribution in [-0.2, 0) is 4.79 Å². The molecule has 2 heterocycles. The molecule has 0 bridgehead atoms. The number of nitrogens with zero attached hydrogens (tertiary/aromatic N) is 4. The largest absolute Gasteiger partial charge is 0.508 e. The monoisotopic (exact) mass is 340 g/mol. The highest BCUT2D eigenvalue weighted by molar-refractivity contribution is 9.10. The fourth-order valence-electron chi connectivity index (χ4n) is 1.92. The number of benzene rings is 1. The van der Waals surface area contributed by atoms with Gasteiger partial charge in [0.25, 0.3) is 5.91 Å². The first-order valence-electron chi connectivity index (χ1n) is 5.44. The van der Waals surface area contributed by atoms with Gasteiger partial charge in [0.15, 0.2) is 0 Å². The van der Waals surface area contributed by atoms with Crippen LogP contribution in [0.15, 0.2) is 35.3 Å². The average molecular weight is 341 g/mol. The van der Waals surface area contributed by atoms with Gasteiger partial charge in [0, 0.05) is 10.0 Å². The molecule has 3 rings (SSSR count). The second-order valence-corrected chi connectivity index (χ2v) is 5.93. The van der Waals surface area contributed by atoms with Crippen molar-refractivity contribution in [3.05, 3.63) is 40.9 Å². The number of phenols is 1. The van der Waals surface area contributed by atoms with Crippen molar-refractivity contribution in [3.8, 4) is 5.75 Å². The Bertz CT molecular complexity index is 619. The van der Waals surface area contributed by atoms with Crippen molar-refractivity contribution in [2.75, 3.05) is 10.8 Å². The van der Waals surface area contributed by atoms with E-state index in [2.05, 4.69) is 26.1 Å². The molecule has 0 spiro atoms. The Morgan fingerprint density at radius 2 is 2.11 bits per heavy atom. The van der Waals surface area contributed by atoms with Gasteiger partial charge >= 0.3 is 0 Å². The zero-order chi connectivity index (χ0) is 13.4. The number of hydrogen-bond donors (Lipinski definition) is 1. The van der Waals surface area contributed by atoms with Crippen LogP contribution >= 0.6 is 27.7 Å². The van der Waals surface area contributed by atoms with E-state index in [9.17, 15) is 9.90 Å². The molecule has 0 radical (unpaired) electrons. The number of phenolic OH excluding ortho intramolecular Hbond substituents is 1. The third-order valence-corrected chi connectivity index (χ3v) is 4.43. The quantitative estimate of drug-likeness (QED) is 0.900. The van der Waals surface area contributed by atoms with Gasteiger partial charge in [-0.25, -0.2) is 9.69 Å². The van der Waals surface area contributed by atoms with E-state index in [1.807, 2.05) is 6.07 Å². The maximum Gasteiger partial charge on any atom is 0.252 e. The summed E-state index contributed by atoms with van der Waals surface area (Å²) in [7, 11) is 0. The van der Waals surface area contributed by atoms with E-state index in [4.69, 9.17) is 0 Å². The van der Waals surface area contributed by atoms with Crippen molar-refractivity contribution < 1.29 is 9.90 Å². The van der Waals surface area contributed by atoms with Gasteiger partial charge in [0.2, 0.25) is 0 Å². The van der Waals surface area contributed by atoms with Crippen LogP contribution in [0.1, 0.15) is 10.9 Å². The van der Waals surface area contributed by atoms with Gasteiger partial charge in [0.1, 0.15) is 23.8 Å². The van der Waals surface area contributed by atoms with Crippen LogP contribution in [0.5, 0.6) is 5.75 Å². The summed E-state index contributed by atoms with van der Waals surface area (Å²) in [5, 5.41) is 18.6. The molecule has 8 heteroatoms. The van der Waals surface area contributed by atoms with Crippen LogP contribution in [0.25, 0.3) is 0 Å². The SMILES string of the molecule is O=C1CSC(c2cc(Br)ccc2O)N1n1cnnc1. The van der Waals surface area contributed by atoms with Crippen LogP contribution in [0, 0.1) is 0 Å². The topological polar surface area (TPSA) is 71.2 Å². The molecule has 98 valence electrons. The van der Waals surface area contributed by atoms with Crippen molar-refractivity contribution in [3.63, 3.8) is 0 Å². The summed E-state index contributed by atoms with van der Waals surface area (Å²) in [4.78, 5) is 12.0. The number of rotatable bonds is 2. The number of thioether (sulfide) groups is 1. The highest BCUT2D eigenvalue weighted by Gasteiger charge is 2.36. The Labute approximate surface area is 121 Å². The number of aromatic hydroxyl groups is 1. The molecule has 1 aromatic heterocycles. The van der Waals surface area contributed by atoms with Gasteiger partial charge in [0.05, 0.1) is 5.75 Å². The van der Waals surface area contributed by atoms with E-state index < -0.39 is 0 Å². The normalized spacial score (nSPS) is 19.1. The fraction of sp³-hybridized carbons (Fsp3) is 0.182. The number of carbonyl (C=O) groups excluding carboxylic acids is 1. The highest BCUT2D eigenvalue weighted by Crippen LogP contribution is 2.41. The molecule has 1 saturated heterocycles. The maximum atomic E-state index is 12.0. The van der Waals surface area contributed by atoms with Crippen LogP contribution < -0.4 is 5.01 Å². The number of amides is 1. The predicted molar refractivity (Wildman–Crippen MR) is 74.3 cm³/mol. The number of halogens is 1. The predicted octanol–water partition coefficient (Wildman–Crippen LogP) is 1.66. The molecular weight excluding hydrogens is 332 g/mol. The molecule has 1 unspecified atom stereocenters. The lowest BCUT2D eigenvalue weighted by Crippen LogP contribution is -2.37. The Morgan fingerprint density at radius 1 is 1.37 bits per heavy atom. The summed E-state index contributed by atoms with van der Waals surface area (Å²) < 4.78 is 2.39. The first-order valence-corrected chi connectivity index (χ1v) is 7.28. The number of carbonyl (C=O) groups is 1. The van der Waals surface area contributed by atoms with E-state index in [0.717, 1.165) is 4.47 Å². The minimum atomic E-state index is -0.291. The van der Waals surface area contributed by atoms with Gasteiger partial charge in [-0.05, 0) is 18.2 Å². The number of aromatic nitrogens is 3. The summed E-state index contributed by atoms with van der Waals surface area (Å²) in [6, 6.07) is 5.17. The smallest absolute Gasteiger partial charge is 0.252 e. The Balaban J connectivity index is 2.04. The highest BCUT2D eigenvalue weighted by atomic mass is 79.9. The molecule has 1 aliphatic heterocycles. The minimum Gasteiger partial charge on any atom is -0.508 e. The van der Waals surface area contributed by atoms with Crippen molar-refractivity contribution in [1.82, 2.24) is 14.9 Å². The van der Waals surface area contributed by atoms with Crippen LogP contribution in [0.2, 0.25) is 0 Å². The van der Waals surface area contributed by atoms with Crippen LogP contribution in [0.3, 0.4) is 0 Å². The lowest BCUT2D eigenvalue weighted by Gasteiger charge is -2.24. The zero-order valence-corrected chi connectivity index (χ0v) is 12.0. The van der Waals surface area contributed by atoms with Crippen LogP contribution in [0.4, 0.5) is 0 Å². The molecular formula is C11H9BrN4O2S. The van der Waals surface area contributed by atoms with E-state index in [0.29, 0.717) is 11.3 Å². The molecule has 1 N–H and O–H groups in total. The van der Waals surface area contributed by atoms with Crippen molar-refractivity contribution in [2.45, 2.75) is 5.37 Å². The first kappa shape index (κ1) is 12.5. The molecule has 1 amide bonds. The summed E-state index contributed by atoms with van der Waals surface area (Å²) in [5.41, 5.74) is 0.680. The molecule has 1 aromatic carbocycles. The lowest BCUT2D eigenvalue weighted by atomic mass is 10.2. The minimum absolute atomic E-state index is 0.0471. The standard InChI is InChI=1S/C11H9BrN4O2S/c12-7-1-2-9(17)8(3-7)11-16(10(18)4-19-11)15-5-13-14-6-15/h1-3,5-6,11,17H,4H2. The van der Waals surface area contributed by atoms with Gasteiger partial charge in [-0.15, -0.1) is 22.0 Å². The molecule has 1 atom stereocenters. The van der Waals surface area contributed by atoms with Crippen molar-refractivity contribution in [2.24, 2.45) is 0 Å². The summed E-state index contributed by atoms with van der Waals surface area (Å²) in [5.74, 6) is 0.470. The maximum absolute atomic E-state index is 12.0. The molecule has 1 aliphatic rings. The van der Waals surface area contributed by atoms with E-state index in [1.54, 1.807) is 12.1 Å². The second kappa shape index (κ2) is 4.86. The van der Waals surface area contributed by atoms with Crippen molar-refractivity contribution in [1.29, 1.82) is 0 Å². The third-order valence-electron chi connectivity index (χ3n) is 2.75. The van der Waals surface area contributed by atoms with E-state index in [-0.39, 0.29) is 17.0 Å². The third kappa shape index (κ3) is 2.21. The molecule has 6 nitrogen and oxygen atoms in total. The van der Waals surface area contributed by atoms with Gasteiger partial charge in [-0.1, -0.05) is 15.9 Å². The summed E-state index contributed by atoms with van der Waals surface area (Å²) in [6.45, 7) is 0. The molecule has 0 aliphatic carbocycles. The Morgan fingerprint density at radius 3 is 2.84 bits per heavy atom. The molecule has 1 fully saturated rings. The Kier molecular flexibility index (Phi) is 3.19.